The van der Waals surface area contributed by atoms with E-state index in [0.717, 1.165) is 24.8 Å². The van der Waals surface area contributed by atoms with E-state index in [1.165, 1.54) is 0 Å². The van der Waals surface area contributed by atoms with Gasteiger partial charge < -0.3 is 9.84 Å². The van der Waals surface area contributed by atoms with E-state index < -0.39 is 17.3 Å². The van der Waals surface area contributed by atoms with Gasteiger partial charge in [-0.3, -0.25) is 5.32 Å². The molecule has 2 N–H and O–H groups in total. The zero-order valence-corrected chi connectivity index (χ0v) is 11.7. The van der Waals surface area contributed by atoms with Gasteiger partial charge in [-0.15, -0.1) is 0 Å². The first-order valence-electron chi connectivity index (χ1n) is 6.62. The molecule has 0 atom stereocenters. The van der Waals surface area contributed by atoms with Crippen molar-refractivity contribution in [1.29, 1.82) is 0 Å². The molecule has 0 heterocycles. The maximum atomic E-state index is 11.8. The highest BCUT2D eigenvalue weighted by Crippen LogP contribution is 2.43. The molecule has 1 aromatic rings. The van der Waals surface area contributed by atoms with Crippen molar-refractivity contribution in [3.63, 3.8) is 0 Å². The quantitative estimate of drug-likeness (QED) is 0.859. The molecule has 4 nitrogen and oxygen atoms in total. The maximum absolute atomic E-state index is 11.8. The first-order chi connectivity index (χ1) is 8.80. The SMILES string of the molecule is CC(C)(C)OC(=O)Nc1ccccc1C1(O)CCC1. The van der Waals surface area contributed by atoms with E-state index >= 15 is 0 Å². The highest BCUT2D eigenvalue weighted by molar-refractivity contribution is 5.86. The number of para-hydroxylation sites is 1. The Balaban J connectivity index is 2.15. The molecular weight excluding hydrogens is 242 g/mol. The van der Waals surface area contributed by atoms with Crippen molar-refractivity contribution in [2.45, 2.75) is 51.2 Å². The minimum absolute atomic E-state index is 0.497. The van der Waals surface area contributed by atoms with Gasteiger partial charge in [0.1, 0.15) is 5.60 Å². The molecule has 1 fully saturated rings. The van der Waals surface area contributed by atoms with E-state index in [1.54, 1.807) is 6.07 Å². The zero-order chi connectivity index (χ0) is 14.1. The molecule has 0 bridgehead atoms. The lowest BCUT2D eigenvalue weighted by molar-refractivity contribution is -0.0381. The van der Waals surface area contributed by atoms with E-state index in [1.807, 2.05) is 39.0 Å². The van der Waals surface area contributed by atoms with Crippen LogP contribution in [-0.2, 0) is 10.3 Å². The largest absolute Gasteiger partial charge is 0.444 e. The third kappa shape index (κ3) is 3.26. The van der Waals surface area contributed by atoms with Crippen LogP contribution >= 0.6 is 0 Å². The van der Waals surface area contributed by atoms with Crippen LogP contribution in [0.5, 0.6) is 0 Å². The lowest BCUT2D eigenvalue weighted by Gasteiger charge is -2.38. The Morgan fingerprint density at radius 1 is 1.32 bits per heavy atom. The van der Waals surface area contributed by atoms with Gasteiger partial charge in [-0.2, -0.15) is 0 Å². The van der Waals surface area contributed by atoms with Crippen molar-refractivity contribution < 1.29 is 14.6 Å². The molecule has 0 aromatic heterocycles. The first-order valence-corrected chi connectivity index (χ1v) is 6.62. The van der Waals surface area contributed by atoms with Crippen molar-refractivity contribution in [3.05, 3.63) is 29.8 Å². The Labute approximate surface area is 113 Å². The molecule has 4 heteroatoms. The lowest BCUT2D eigenvalue weighted by Crippen LogP contribution is -2.35. The van der Waals surface area contributed by atoms with Crippen LogP contribution in [-0.4, -0.2) is 16.8 Å². The average Bonchev–Trinajstić information content (AvgIpc) is 2.24. The monoisotopic (exact) mass is 263 g/mol. The molecular formula is C15H21NO3. The fourth-order valence-electron chi connectivity index (χ4n) is 2.19. The van der Waals surface area contributed by atoms with Crippen molar-refractivity contribution in [3.8, 4) is 0 Å². The standard InChI is InChI=1S/C15H21NO3/c1-14(2,3)19-13(17)16-12-8-5-4-7-11(12)15(18)9-6-10-15/h4-5,7-8,18H,6,9-10H2,1-3H3,(H,16,17). The van der Waals surface area contributed by atoms with Gasteiger partial charge in [0.15, 0.2) is 0 Å². The number of ether oxygens (including phenoxy) is 1. The Morgan fingerprint density at radius 3 is 2.47 bits per heavy atom. The van der Waals surface area contributed by atoms with Gasteiger partial charge in [0.05, 0.1) is 11.3 Å². The van der Waals surface area contributed by atoms with Crippen molar-refractivity contribution in [1.82, 2.24) is 0 Å². The molecule has 0 spiro atoms. The number of amides is 1. The number of anilines is 1. The second-order valence-corrected chi connectivity index (χ2v) is 6.06. The van der Waals surface area contributed by atoms with E-state index in [9.17, 15) is 9.90 Å². The molecule has 0 unspecified atom stereocenters. The van der Waals surface area contributed by atoms with Crippen LogP contribution in [0.4, 0.5) is 10.5 Å². The smallest absolute Gasteiger partial charge is 0.412 e. The number of carbonyl (C=O) groups is 1. The predicted molar refractivity (Wildman–Crippen MR) is 74.0 cm³/mol. The molecule has 104 valence electrons. The lowest BCUT2D eigenvalue weighted by atomic mass is 9.74. The minimum Gasteiger partial charge on any atom is -0.444 e. The molecule has 1 aromatic carbocycles. The Morgan fingerprint density at radius 2 is 1.95 bits per heavy atom. The summed E-state index contributed by atoms with van der Waals surface area (Å²) in [5.74, 6) is 0. The van der Waals surface area contributed by atoms with Gasteiger partial charge >= 0.3 is 6.09 Å². The van der Waals surface area contributed by atoms with Gasteiger partial charge in [-0.05, 0) is 46.1 Å². The molecule has 1 aliphatic carbocycles. The number of aliphatic hydroxyl groups is 1. The van der Waals surface area contributed by atoms with Gasteiger partial charge in [0.25, 0.3) is 0 Å². The molecule has 19 heavy (non-hydrogen) atoms. The molecule has 0 radical (unpaired) electrons. The zero-order valence-electron chi connectivity index (χ0n) is 11.7. The Bertz CT molecular complexity index is 473. The highest BCUT2D eigenvalue weighted by atomic mass is 16.6. The number of benzene rings is 1. The van der Waals surface area contributed by atoms with Crippen LogP contribution in [0.3, 0.4) is 0 Å². The normalized spacial score (nSPS) is 17.5. The maximum Gasteiger partial charge on any atom is 0.412 e. The molecule has 2 rings (SSSR count). The van der Waals surface area contributed by atoms with Gasteiger partial charge in [-0.25, -0.2) is 4.79 Å². The van der Waals surface area contributed by atoms with Crippen molar-refractivity contribution in [2.75, 3.05) is 5.32 Å². The fourth-order valence-corrected chi connectivity index (χ4v) is 2.19. The number of rotatable bonds is 2. The molecule has 1 amide bonds. The second kappa shape index (κ2) is 4.85. The summed E-state index contributed by atoms with van der Waals surface area (Å²) < 4.78 is 5.23. The Kier molecular flexibility index (Phi) is 3.54. The van der Waals surface area contributed by atoms with Crippen molar-refractivity contribution in [2.24, 2.45) is 0 Å². The third-order valence-corrected chi connectivity index (χ3v) is 3.24. The van der Waals surface area contributed by atoms with E-state index in [2.05, 4.69) is 5.32 Å². The summed E-state index contributed by atoms with van der Waals surface area (Å²) in [5.41, 5.74) is 0.0592. The molecule has 1 saturated carbocycles. The summed E-state index contributed by atoms with van der Waals surface area (Å²) in [6.07, 6.45) is 1.99. The molecule has 0 saturated heterocycles. The van der Waals surface area contributed by atoms with Crippen molar-refractivity contribution >= 4 is 11.8 Å². The number of hydrogen-bond acceptors (Lipinski definition) is 3. The second-order valence-electron chi connectivity index (χ2n) is 6.06. The van der Waals surface area contributed by atoms with Gasteiger partial charge in [0, 0.05) is 5.56 Å². The number of nitrogens with one attached hydrogen (secondary N) is 1. The number of hydrogen-bond donors (Lipinski definition) is 2. The summed E-state index contributed by atoms with van der Waals surface area (Å²) in [6.45, 7) is 5.45. The van der Waals surface area contributed by atoms with E-state index in [4.69, 9.17) is 4.74 Å². The van der Waals surface area contributed by atoms with Crippen LogP contribution in [0.15, 0.2) is 24.3 Å². The highest BCUT2D eigenvalue weighted by Gasteiger charge is 2.38. The van der Waals surface area contributed by atoms with Crippen LogP contribution in [0, 0.1) is 0 Å². The van der Waals surface area contributed by atoms with Crippen LogP contribution < -0.4 is 5.32 Å². The first kappa shape index (κ1) is 13.9. The summed E-state index contributed by atoms with van der Waals surface area (Å²) in [6, 6.07) is 7.34. The van der Waals surface area contributed by atoms with E-state index in [-0.39, 0.29) is 0 Å². The topological polar surface area (TPSA) is 58.6 Å². The summed E-state index contributed by atoms with van der Waals surface area (Å²) in [7, 11) is 0. The van der Waals surface area contributed by atoms with Gasteiger partial charge in [-0.1, -0.05) is 18.2 Å². The summed E-state index contributed by atoms with van der Waals surface area (Å²) in [5, 5.41) is 13.1. The summed E-state index contributed by atoms with van der Waals surface area (Å²) in [4.78, 5) is 11.8. The minimum atomic E-state index is -0.800. The van der Waals surface area contributed by atoms with Crippen LogP contribution in [0.1, 0.15) is 45.6 Å². The fraction of sp³-hybridized carbons (Fsp3) is 0.533. The third-order valence-electron chi connectivity index (χ3n) is 3.24. The molecule has 0 aliphatic heterocycles. The molecule has 1 aliphatic rings. The van der Waals surface area contributed by atoms with Crippen LogP contribution in [0.25, 0.3) is 0 Å². The number of carbonyl (C=O) groups excluding carboxylic acids is 1. The Hall–Kier alpha value is -1.55. The average molecular weight is 263 g/mol. The summed E-state index contributed by atoms with van der Waals surface area (Å²) >= 11 is 0. The predicted octanol–water partition coefficient (Wildman–Crippen LogP) is 3.41. The van der Waals surface area contributed by atoms with E-state index in [0.29, 0.717) is 5.69 Å². The van der Waals surface area contributed by atoms with Crippen LogP contribution in [0.2, 0.25) is 0 Å². The van der Waals surface area contributed by atoms with Gasteiger partial charge in [0.2, 0.25) is 0 Å².